The van der Waals surface area contributed by atoms with E-state index in [1.807, 2.05) is 0 Å². The molecule has 0 aromatic rings. The molecule has 1 N–H and O–H groups in total. The van der Waals surface area contributed by atoms with Crippen molar-refractivity contribution in [3.05, 3.63) is 12.7 Å². The van der Waals surface area contributed by atoms with Crippen LogP contribution in [0.4, 0.5) is 0 Å². The van der Waals surface area contributed by atoms with E-state index in [0.29, 0.717) is 6.42 Å². The Balaban J connectivity index is 0. The Morgan fingerprint density at radius 3 is 2.57 bits per heavy atom. The van der Waals surface area contributed by atoms with Gasteiger partial charge in [0, 0.05) is 0 Å². The third-order valence-electron chi connectivity index (χ3n) is 1.12. The minimum atomic E-state index is -3.48. The van der Waals surface area contributed by atoms with E-state index in [9.17, 15) is 13.2 Å². The summed E-state index contributed by atoms with van der Waals surface area (Å²) in [5, 5.41) is 2.19. The number of nitrogens with one attached hydrogen (secondary N) is 1. The fraction of sp³-hybridized carbons (Fsp3) is 0.571. The third kappa shape index (κ3) is 9.32. The number of carbonyl (C=O) groups is 1. The zero-order chi connectivity index (χ0) is 10.3. The molecule has 0 saturated carbocycles. The van der Waals surface area contributed by atoms with Crippen LogP contribution in [-0.2, 0) is 19.1 Å². The summed E-state index contributed by atoms with van der Waals surface area (Å²) in [6.45, 7) is 4.58. The summed E-state index contributed by atoms with van der Waals surface area (Å²) in [7, 11) is -3.48. The monoisotopic (exact) mass is 247 g/mol. The van der Waals surface area contributed by atoms with Crippen molar-refractivity contribution in [3.63, 3.8) is 0 Å². The number of hydrogen-bond donors (Lipinski definition) is 1. The molecule has 0 spiro atoms. The van der Waals surface area contributed by atoms with Gasteiger partial charge in [0.05, 0.1) is 5.75 Å². The molecule has 7 heteroatoms. The van der Waals surface area contributed by atoms with Gasteiger partial charge in [-0.05, 0) is 12.5 Å². The van der Waals surface area contributed by atoms with E-state index >= 15 is 0 Å². The van der Waals surface area contributed by atoms with Crippen LogP contribution in [0.2, 0.25) is 0 Å². The van der Waals surface area contributed by atoms with Gasteiger partial charge in [-0.25, -0.2) is 4.18 Å². The first-order valence-corrected chi connectivity index (χ1v) is 5.37. The predicted octanol–water partition coefficient (Wildman–Crippen LogP) is -0.646. The number of hydrogen-bond acceptors (Lipinski definition) is 4. The Morgan fingerprint density at radius 1 is 1.57 bits per heavy atom. The number of amides is 1. The Labute approximate surface area is 127 Å². The molecule has 0 aliphatic heterocycles. The number of rotatable bonds is 6. The predicted molar refractivity (Wildman–Crippen MR) is 55.5 cm³/mol. The van der Waals surface area contributed by atoms with Crippen molar-refractivity contribution < 1.29 is 17.4 Å². The molecule has 0 aliphatic rings. The zero-order valence-electron chi connectivity index (χ0n) is 7.45. The van der Waals surface area contributed by atoms with E-state index in [-0.39, 0.29) is 63.9 Å². The van der Waals surface area contributed by atoms with E-state index in [0.717, 1.165) is 6.08 Å². The van der Waals surface area contributed by atoms with Gasteiger partial charge in [-0.15, -0.1) is 0 Å². The second-order valence-corrected chi connectivity index (χ2v) is 4.03. The standard InChI is InChI=1S/C7H13NO4S.K.H/c1-3-5-13(10,11)12-6-8-7(9)4-2;;/h4H,2-3,5-6H2,1H3,(H,8,9);;. The molecule has 0 atom stereocenters. The molecule has 0 saturated heterocycles. The Bertz CT molecular complexity index is 275. The maximum atomic E-state index is 10.9. The molecule has 0 bridgehead atoms. The molecule has 0 radical (unpaired) electrons. The van der Waals surface area contributed by atoms with Gasteiger partial charge in [-0.2, -0.15) is 8.42 Å². The van der Waals surface area contributed by atoms with Crippen LogP contribution in [0.25, 0.3) is 0 Å². The molecule has 0 aromatic carbocycles. The second-order valence-electron chi connectivity index (χ2n) is 2.27. The third-order valence-corrected chi connectivity index (χ3v) is 2.51. The average Bonchev–Trinajstić information content (AvgIpc) is 2.03. The van der Waals surface area contributed by atoms with Crippen molar-refractivity contribution in [3.8, 4) is 0 Å². The van der Waals surface area contributed by atoms with E-state index in [1.54, 1.807) is 6.92 Å². The van der Waals surface area contributed by atoms with Crippen molar-refractivity contribution in [2.75, 3.05) is 12.5 Å². The van der Waals surface area contributed by atoms with E-state index < -0.39 is 16.0 Å². The molecule has 0 unspecified atom stereocenters. The van der Waals surface area contributed by atoms with Gasteiger partial charge in [-0.3, -0.25) is 4.79 Å². The summed E-state index contributed by atoms with van der Waals surface area (Å²) in [5.74, 6) is -0.511. The van der Waals surface area contributed by atoms with Crippen LogP contribution < -0.4 is 5.32 Å². The van der Waals surface area contributed by atoms with E-state index in [1.165, 1.54) is 0 Å². The molecule has 1 amide bonds. The normalized spacial score (nSPS) is 10.1. The number of carbonyl (C=O) groups excluding carboxylic acids is 1. The van der Waals surface area contributed by atoms with Crippen LogP contribution in [0.5, 0.6) is 0 Å². The van der Waals surface area contributed by atoms with Crippen LogP contribution in [0.1, 0.15) is 13.3 Å². The van der Waals surface area contributed by atoms with Gasteiger partial charge in [0.1, 0.15) is 6.73 Å². The van der Waals surface area contributed by atoms with Crippen molar-refractivity contribution >= 4 is 67.4 Å². The Hall–Kier alpha value is 0.756. The molecule has 5 nitrogen and oxygen atoms in total. The molecule has 0 heterocycles. The molecule has 0 rings (SSSR count). The quantitative estimate of drug-likeness (QED) is 0.293. The molecule has 0 fully saturated rings. The van der Waals surface area contributed by atoms with Crippen LogP contribution in [0.3, 0.4) is 0 Å². The van der Waals surface area contributed by atoms with Crippen LogP contribution in [0.15, 0.2) is 12.7 Å². The molecule has 0 aliphatic carbocycles. The zero-order valence-corrected chi connectivity index (χ0v) is 8.26. The summed E-state index contributed by atoms with van der Waals surface area (Å²) in [5.41, 5.74) is 0. The van der Waals surface area contributed by atoms with Gasteiger partial charge in [-0.1, -0.05) is 13.5 Å². The van der Waals surface area contributed by atoms with Gasteiger partial charge in [0.15, 0.2) is 0 Å². The molecular formula is C7H14KNO4S. The summed E-state index contributed by atoms with van der Waals surface area (Å²) >= 11 is 0. The molecular weight excluding hydrogens is 233 g/mol. The summed E-state index contributed by atoms with van der Waals surface area (Å²) < 4.78 is 26.2. The Morgan fingerprint density at radius 2 is 2.14 bits per heavy atom. The SMILES string of the molecule is C=CC(=O)NCOS(=O)(=O)CCC.[KH]. The van der Waals surface area contributed by atoms with Crippen molar-refractivity contribution in [2.24, 2.45) is 0 Å². The van der Waals surface area contributed by atoms with E-state index in [2.05, 4.69) is 16.1 Å². The summed E-state index contributed by atoms with van der Waals surface area (Å²) in [6, 6.07) is 0. The van der Waals surface area contributed by atoms with Gasteiger partial charge in [0.2, 0.25) is 5.91 Å². The fourth-order valence-corrected chi connectivity index (χ4v) is 1.43. The first kappa shape index (κ1) is 17.2. The van der Waals surface area contributed by atoms with Crippen molar-refractivity contribution in [1.29, 1.82) is 0 Å². The van der Waals surface area contributed by atoms with E-state index in [4.69, 9.17) is 0 Å². The molecule has 0 aromatic heterocycles. The summed E-state index contributed by atoms with van der Waals surface area (Å²) in [6.07, 6.45) is 1.52. The molecule has 78 valence electrons. The first-order chi connectivity index (χ1) is 6.02. The first-order valence-electron chi connectivity index (χ1n) is 3.79. The Kier molecular flexibility index (Phi) is 11.1. The molecule has 14 heavy (non-hydrogen) atoms. The van der Waals surface area contributed by atoms with Gasteiger partial charge < -0.3 is 5.32 Å². The van der Waals surface area contributed by atoms with Crippen LogP contribution in [0, 0.1) is 0 Å². The van der Waals surface area contributed by atoms with Gasteiger partial charge in [0.25, 0.3) is 10.1 Å². The van der Waals surface area contributed by atoms with Crippen molar-refractivity contribution in [1.82, 2.24) is 5.32 Å². The second kappa shape index (κ2) is 9.02. The average molecular weight is 247 g/mol. The van der Waals surface area contributed by atoms with Crippen LogP contribution in [-0.4, -0.2) is 78.2 Å². The fourth-order valence-electron chi connectivity index (χ4n) is 0.571. The minimum absolute atomic E-state index is 0. The topological polar surface area (TPSA) is 72.5 Å². The van der Waals surface area contributed by atoms with Crippen molar-refractivity contribution in [2.45, 2.75) is 13.3 Å². The van der Waals surface area contributed by atoms with Crippen LogP contribution >= 0.6 is 0 Å². The summed E-state index contributed by atoms with van der Waals surface area (Å²) in [4.78, 5) is 10.6. The maximum absolute atomic E-state index is 10.9. The van der Waals surface area contributed by atoms with Gasteiger partial charge >= 0.3 is 51.4 Å².